The van der Waals surface area contributed by atoms with Crippen LogP contribution in [0.15, 0.2) is 24.4 Å². The van der Waals surface area contributed by atoms with Crippen LogP contribution in [-0.2, 0) is 26.1 Å². The molecule has 0 radical (unpaired) electrons. The summed E-state index contributed by atoms with van der Waals surface area (Å²) < 4.78 is 0. The standard InChI is InChI=1S/C16H19N5/c1-21-9-12-2-3-14(6-13(12)10-21)19-16-18-7-11-4-5-17-8-15(11)20-16/h2-3,6-7,17H,4-5,8-10H2,1H3,(H,18,19,20). The van der Waals surface area contributed by atoms with Crippen molar-refractivity contribution in [3.05, 3.63) is 46.8 Å². The maximum Gasteiger partial charge on any atom is 0.227 e. The Bertz CT molecular complexity index is 682. The zero-order valence-corrected chi connectivity index (χ0v) is 12.2. The summed E-state index contributed by atoms with van der Waals surface area (Å²) in [6.07, 6.45) is 2.97. The molecule has 0 fully saturated rings. The smallest absolute Gasteiger partial charge is 0.227 e. The fourth-order valence-corrected chi connectivity index (χ4v) is 3.07. The molecule has 2 aliphatic rings. The molecule has 21 heavy (non-hydrogen) atoms. The number of fused-ring (bicyclic) bond motifs is 2. The number of benzene rings is 1. The van der Waals surface area contributed by atoms with Crippen molar-refractivity contribution in [3.63, 3.8) is 0 Å². The predicted molar refractivity (Wildman–Crippen MR) is 82.3 cm³/mol. The van der Waals surface area contributed by atoms with E-state index in [9.17, 15) is 0 Å². The van der Waals surface area contributed by atoms with Crippen molar-refractivity contribution < 1.29 is 0 Å². The molecule has 0 saturated carbocycles. The molecule has 2 aliphatic heterocycles. The molecule has 2 N–H and O–H groups in total. The lowest BCUT2D eigenvalue weighted by atomic mass is 10.1. The Hall–Kier alpha value is -1.98. The van der Waals surface area contributed by atoms with Gasteiger partial charge >= 0.3 is 0 Å². The number of nitrogens with zero attached hydrogens (tertiary/aromatic N) is 3. The molecule has 0 saturated heterocycles. The number of aromatic nitrogens is 2. The average Bonchev–Trinajstić information content (AvgIpc) is 2.86. The summed E-state index contributed by atoms with van der Waals surface area (Å²) in [7, 11) is 2.15. The summed E-state index contributed by atoms with van der Waals surface area (Å²) in [4.78, 5) is 11.4. The van der Waals surface area contributed by atoms with Gasteiger partial charge in [0.1, 0.15) is 0 Å². The van der Waals surface area contributed by atoms with Crippen molar-refractivity contribution in [2.24, 2.45) is 0 Å². The van der Waals surface area contributed by atoms with E-state index in [-0.39, 0.29) is 0 Å². The van der Waals surface area contributed by atoms with Gasteiger partial charge in [0.15, 0.2) is 0 Å². The molecule has 1 aromatic heterocycles. The van der Waals surface area contributed by atoms with Crippen molar-refractivity contribution in [1.82, 2.24) is 20.2 Å². The van der Waals surface area contributed by atoms with Crippen LogP contribution >= 0.6 is 0 Å². The molecule has 0 atom stereocenters. The molecule has 0 amide bonds. The predicted octanol–water partition coefficient (Wildman–Crippen LogP) is 1.81. The Morgan fingerprint density at radius 1 is 1.19 bits per heavy atom. The van der Waals surface area contributed by atoms with Crippen LogP contribution < -0.4 is 10.6 Å². The molecule has 3 heterocycles. The summed E-state index contributed by atoms with van der Waals surface area (Å²) in [5, 5.41) is 6.68. The summed E-state index contributed by atoms with van der Waals surface area (Å²) in [5.74, 6) is 0.684. The first-order valence-corrected chi connectivity index (χ1v) is 7.41. The van der Waals surface area contributed by atoms with E-state index in [1.54, 1.807) is 0 Å². The van der Waals surface area contributed by atoms with Gasteiger partial charge in [-0.25, -0.2) is 9.97 Å². The largest absolute Gasteiger partial charge is 0.324 e. The minimum Gasteiger partial charge on any atom is -0.324 e. The highest BCUT2D eigenvalue weighted by atomic mass is 15.1. The Morgan fingerprint density at radius 3 is 3.05 bits per heavy atom. The van der Waals surface area contributed by atoms with Gasteiger partial charge in [-0.15, -0.1) is 0 Å². The number of hydrogen-bond acceptors (Lipinski definition) is 5. The van der Waals surface area contributed by atoms with Crippen LogP contribution in [0.4, 0.5) is 11.6 Å². The summed E-state index contributed by atoms with van der Waals surface area (Å²) >= 11 is 0. The Balaban J connectivity index is 1.57. The summed E-state index contributed by atoms with van der Waals surface area (Å²) in [6.45, 7) is 3.90. The van der Waals surface area contributed by atoms with Crippen molar-refractivity contribution in [2.75, 3.05) is 18.9 Å². The maximum absolute atomic E-state index is 4.62. The minimum atomic E-state index is 0.684. The van der Waals surface area contributed by atoms with Gasteiger partial charge in [-0.2, -0.15) is 0 Å². The lowest BCUT2D eigenvalue weighted by Crippen LogP contribution is -2.25. The second kappa shape index (κ2) is 5.09. The Morgan fingerprint density at radius 2 is 2.10 bits per heavy atom. The third-order valence-electron chi connectivity index (χ3n) is 4.16. The minimum absolute atomic E-state index is 0.684. The highest BCUT2D eigenvalue weighted by molar-refractivity contribution is 5.56. The molecule has 108 valence electrons. The SMILES string of the molecule is CN1Cc2ccc(Nc3ncc4c(n3)CNCC4)cc2C1. The van der Waals surface area contributed by atoms with E-state index in [1.165, 1.54) is 16.7 Å². The van der Waals surface area contributed by atoms with Gasteiger partial charge in [-0.1, -0.05) is 6.07 Å². The van der Waals surface area contributed by atoms with Gasteiger partial charge in [0.05, 0.1) is 5.69 Å². The quantitative estimate of drug-likeness (QED) is 0.879. The van der Waals surface area contributed by atoms with E-state index in [4.69, 9.17) is 0 Å². The van der Waals surface area contributed by atoms with Gasteiger partial charge in [-0.3, -0.25) is 4.90 Å². The number of rotatable bonds is 2. The van der Waals surface area contributed by atoms with Crippen molar-refractivity contribution in [1.29, 1.82) is 0 Å². The fourth-order valence-electron chi connectivity index (χ4n) is 3.07. The molecule has 5 heteroatoms. The zero-order chi connectivity index (χ0) is 14.2. The summed E-state index contributed by atoms with van der Waals surface area (Å²) in [5.41, 5.74) is 6.24. The molecular weight excluding hydrogens is 262 g/mol. The third-order valence-corrected chi connectivity index (χ3v) is 4.16. The van der Waals surface area contributed by atoms with E-state index >= 15 is 0 Å². The molecule has 4 rings (SSSR count). The van der Waals surface area contributed by atoms with E-state index < -0.39 is 0 Å². The van der Waals surface area contributed by atoms with Crippen LogP contribution in [0.1, 0.15) is 22.4 Å². The molecule has 5 nitrogen and oxygen atoms in total. The topological polar surface area (TPSA) is 53.1 Å². The molecular formula is C16H19N5. The Labute approximate surface area is 124 Å². The second-order valence-electron chi connectivity index (χ2n) is 5.87. The Kier molecular flexibility index (Phi) is 3.09. The molecule has 0 unspecified atom stereocenters. The first-order valence-electron chi connectivity index (χ1n) is 7.41. The van der Waals surface area contributed by atoms with Crippen LogP contribution in [0.2, 0.25) is 0 Å². The van der Waals surface area contributed by atoms with Gasteiger partial charge in [0.25, 0.3) is 0 Å². The molecule has 1 aromatic carbocycles. The van der Waals surface area contributed by atoms with Crippen molar-refractivity contribution >= 4 is 11.6 Å². The van der Waals surface area contributed by atoms with Gasteiger partial charge in [0, 0.05) is 31.5 Å². The number of anilines is 2. The van der Waals surface area contributed by atoms with Crippen LogP contribution in [0.25, 0.3) is 0 Å². The van der Waals surface area contributed by atoms with E-state index in [0.717, 1.165) is 44.0 Å². The molecule has 0 spiro atoms. The molecule has 0 aliphatic carbocycles. The first-order chi connectivity index (χ1) is 10.3. The average molecular weight is 281 g/mol. The van der Waals surface area contributed by atoms with Gasteiger partial charge in [0.2, 0.25) is 5.95 Å². The molecule has 0 bridgehead atoms. The number of hydrogen-bond donors (Lipinski definition) is 2. The normalized spacial score (nSPS) is 17.4. The maximum atomic E-state index is 4.62. The van der Waals surface area contributed by atoms with Gasteiger partial charge < -0.3 is 10.6 Å². The lowest BCUT2D eigenvalue weighted by Gasteiger charge is -2.16. The lowest BCUT2D eigenvalue weighted by molar-refractivity contribution is 0.353. The second-order valence-corrected chi connectivity index (χ2v) is 5.87. The first kappa shape index (κ1) is 12.7. The van der Waals surface area contributed by atoms with Crippen LogP contribution in [0, 0.1) is 0 Å². The van der Waals surface area contributed by atoms with E-state index in [0.29, 0.717) is 5.95 Å². The monoisotopic (exact) mass is 281 g/mol. The van der Waals surface area contributed by atoms with Crippen LogP contribution in [-0.4, -0.2) is 28.5 Å². The van der Waals surface area contributed by atoms with Crippen molar-refractivity contribution in [3.8, 4) is 0 Å². The molecule has 2 aromatic rings. The third kappa shape index (κ3) is 2.50. The van der Waals surface area contributed by atoms with Gasteiger partial charge in [-0.05, 0) is 48.8 Å². The van der Waals surface area contributed by atoms with Crippen LogP contribution in [0.3, 0.4) is 0 Å². The fraction of sp³-hybridized carbons (Fsp3) is 0.375. The van der Waals surface area contributed by atoms with Crippen LogP contribution in [0.5, 0.6) is 0 Å². The highest BCUT2D eigenvalue weighted by Crippen LogP contribution is 2.25. The van der Waals surface area contributed by atoms with E-state index in [1.807, 2.05) is 6.20 Å². The van der Waals surface area contributed by atoms with E-state index in [2.05, 4.69) is 50.7 Å². The highest BCUT2D eigenvalue weighted by Gasteiger charge is 2.16. The number of nitrogens with one attached hydrogen (secondary N) is 2. The summed E-state index contributed by atoms with van der Waals surface area (Å²) in [6, 6.07) is 6.51. The zero-order valence-electron chi connectivity index (χ0n) is 12.2. The van der Waals surface area contributed by atoms with Crippen molar-refractivity contribution in [2.45, 2.75) is 26.1 Å².